The Balaban J connectivity index is 2.11. The van der Waals surface area contributed by atoms with Crippen molar-refractivity contribution in [3.8, 4) is 0 Å². The van der Waals surface area contributed by atoms with Crippen LogP contribution in [0, 0.1) is 18.6 Å². The van der Waals surface area contributed by atoms with Gasteiger partial charge in [0.25, 0.3) is 5.91 Å². The number of carbonyl (C=O) groups excluding carboxylic acids is 1. The van der Waals surface area contributed by atoms with Crippen LogP contribution in [0.2, 0.25) is 0 Å². The first kappa shape index (κ1) is 17.8. The van der Waals surface area contributed by atoms with Crippen LogP contribution in [-0.2, 0) is 0 Å². The lowest BCUT2D eigenvalue weighted by molar-refractivity contribution is 0.0948. The standard InChI is InChI=1S/C17H20F2N4O/c1-3-4-5-8-20-16(24)15-9-11(2)21-17(23-15)22-14-7-6-12(18)10-13(14)19/h6-7,9-10H,3-5,8H2,1-2H3,(H,20,24)(H,21,22,23). The summed E-state index contributed by atoms with van der Waals surface area (Å²) >= 11 is 0. The van der Waals surface area contributed by atoms with E-state index in [9.17, 15) is 13.6 Å². The van der Waals surface area contributed by atoms with Gasteiger partial charge in [-0.3, -0.25) is 4.79 Å². The second-order valence-electron chi connectivity index (χ2n) is 5.43. The normalized spacial score (nSPS) is 10.5. The zero-order valence-corrected chi connectivity index (χ0v) is 13.7. The molecule has 1 aromatic heterocycles. The van der Waals surface area contributed by atoms with Gasteiger partial charge in [-0.25, -0.2) is 18.7 Å². The quantitative estimate of drug-likeness (QED) is 0.757. The maximum absolute atomic E-state index is 13.7. The Morgan fingerprint density at radius 1 is 1.17 bits per heavy atom. The number of carbonyl (C=O) groups is 1. The van der Waals surface area contributed by atoms with E-state index in [1.54, 1.807) is 13.0 Å². The average molecular weight is 334 g/mol. The van der Waals surface area contributed by atoms with Crippen LogP contribution in [0.25, 0.3) is 0 Å². The number of aryl methyl sites for hydroxylation is 1. The lowest BCUT2D eigenvalue weighted by Crippen LogP contribution is -2.26. The number of hydrogen-bond donors (Lipinski definition) is 2. The van der Waals surface area contributed by atoms with Gasteiger partial charge in [0.15, 0.2) is 0 Å². The highest BCUT2D eigenvalue weighted by Gasteiger charge is 2.12. The van der Waals surface area contributed by atoms with Crippen molar-refractivity contribution in [3.05, 3.63) is 47.3 Å². The van der Waals surface area contributed by atoms with Crippen LogP contribution in [0.3, 0.4) is 0 Å². The molecule has 0 bridgehead atoms. The number of halogens is 2. The third-order valence-electron chi connectivity index (χ3n) is 3.33. The molecule has 5 nitrogen and oxygen atoms in total. The molecule has 0 radical (unpaired) electrons. The van der Waals surface area contributed by atoms with Crippen molar-refractivity contribution in [2.75, 3.05) is 11.9 Å². The molecule has 1 aromatic carbocycles. The molecule has 0 saturated heterocycles. The number of nitrogens with zero attached hydrogens (tertiary/aromatic N) is 2. The molecule has 128 valence electrons. The van der Waals surface area contributed by atoms with Crippen LogP contribution in [0.5, 0.6) is 0 Å². The van der Waals surface area contributed by atoms with Crippen LogP contribution < -0.4 is 10.6 Å². The van der Waals surface area contributed by atoms with Crippen molar-refractivity contribution in [1.82, 2.24) is 15.3 Å². The van der Waals surface area contributed by atoms with E-state index in [1.807, 2.05) is 0 Å². The second-order valence-corrected chi connectivity index (χ2v) is 5.43. The number of hydrogen-bond acceptors (Lipinski definition) is 4. The van der Waals surface area contributed by atoms with Gasteiger partial charge in [-0.15, -0.1) is 0 Å². The van der Waals surface area contributed by atoms with Crippen LogP contribution >= 0.6 is 0 Å². The van der Waals surface area contributed by atoms with Gasteiger partial charge in [0.05, 0.1) is 5.69 Å². The molecule has 7 heteroatoms. The first-order valence-corrected chi connectivity index (χ1v) is 7.85. The molecule has 0 aliphatic carbocycles. The van der Waals surface area contributed by atoms with Gasteiger partial charge in [-0.05, 0) is 31.5 Å². The minimum atomic E-state index is -0.759. The topological polar surface area (TPSA) is 66.9 Å². The molecule has 1 heterocycles. The Hall–Kier alpha value is -2.57. The molecule has 2 rings (SSSR count). The van der Waals surface area contributed by atoms with E-state index in [-0.39, 0.29) is 23.2 Å². The van der Waals surface area contributed by atoms with Crippen molar-refractivity contribution in [1.29, 1.82) is 0 Å². The van der Waals surface area contributed by atoms with Gasteiger partial charge < -0.3 is 10.6 Å². The summed E-state index contributed by atoms with van der Waals surface area (Å²) in [7, 11) is 0. The Labute approximate surface area is 139 Å². The van der Waals surface area contributed by atoms with Gasteiger partial charge in [0.1, 0.15) is 17.3 Å². The van der Waals surface area contributed by atoms with Crippen molar-refractivity contribution < 1.29 is 13.6 Å². The molecule has 1 amide bonds. The predicted molar refractivity (Wildman–Crippen MR) is 88.3 cm³/mol. The monoisotopic (exact) mass is 334 g/mol. The molecule has 0 saturated carbocycles. The molecule has 0 aliphatic rings. The highest BCUT2D eigenvalue weighted by atomic mass is 19.1. The van der Waals surface area contributed by atoms with Crippen LogP contribution in [0.1, 0.15) is 42.4 Å². The maximum Gasteiger partial charge on any atom is 0.270 e. The minimum absolute atomic E-state index is 0.0382. The Bertz CT molecular complexity index is 722. The Kier molecular flexibility index (Phi) is 6.17. The molecule has 2 N–H and O–H groups in total. The average Bonchev–Trinajstić information content (AvgIpc) is 2.53. The lowest BCUT2D eigenvalue weighted by Gasteiger charge is -2.09. The molecule has 0 aliphatic heterocycles. The van der Waals surface area contributed by atoms with E-state index in [2.05, 4.69) is 27.5 Å². The first-order valence-electron chi connectivity index (χ1n) is 7.85. The lowest BCUT2D eigenvalue weighted by atomic mass is 10.2. The van der Waals surface area contributed by atoms with E-state index >= 15 is 0 Å². The van der Waals surface area contributed by atoms with Crippen molar-refractivity contribution >= 4 is 17.5 Å². The summed E-state index contributed by atoms with van der Waals surface area (Å²) in [5, 5.41) is 5.46. The van der Waals surface area contributed by atoms with Crippen molar-refractivity contribution in [2.45, 2.75) is 33.1 Å². The Morgan fingerprint density at radius 3 is 2.67 bits per heavy atom. The third-order valence-corrected chi connectivity index (χ3v) is 3.33. The highest BCUT2D eigenvalue weighted by Crippen LogP contribution is 2.19. The third kappa shape index (κ3) is 4.97. The number of amides is 1. The van der Waals surface area contributed by atoms with E-state index < -0.39 is 11.6 Å². The zero-order valence-electron chi connectivity index (χ0n) is 13.7. The van der Waals surface area contributed by atoms with Gasteiger partial charge >= 0.3 is 0 Å². The zero-order chi connectivity index (χ0) is 17.5. The Morgan fingerprint density at radius 2 is 1.96 bits per heavy atom. The number of anilines is 2. The molecule has 2 aromatic rings. The summed E-state index contributed by atoms with van der Waals surface area (Å²) in [4.78, 5) is 20.3. The fourth-order valence-corrected chi connectivity index (χ4v) is 2.12. The largest absolute Gasteiger partial charge is 0.351 e. The number of unbranched alkanes of at least 4 members (excludes halogenated alkanes) is 2. The van der Waals surface area contributed by atoms with Gasteiger partial charge in [-0.2, -0.15) is 0 Å². The smallest absolute Gasteiger partial charge is 0.270 e. The molecule has 0 spiro atoms. The van der Waals surface area contributed by atoms with Crippen LogP contribution in [-0.4, -0.2) is 22.4 Å². The number of rotatable bonds is 7. The molecule has 0 atom stereocenters. The van der Waals surface area contributed by atoms with E-state index in [0.717, 1.165) is 31.4 Å². The maximum atomic E-state index is 13.7. The number of nitrogens with one attached hydrogen (secondary N) is 2. The second kappa shape index (κ2) is 8.33. The van der Waals surface area contributed by atoms with Crippen molar-refractivity contribution in [2.24, 2.45) is 0 Å². The molecule has 0 fully saturated rings. The summed E-state index contributed by atoms with van der Waals surface area (Å²) in [6.45, 7) is 4.37. The predicted octanol–water partition coefficient (Wildman–Crippen LogP) is 3.73. The summed E-state index contributed by atoms with van der Waals surface area (Å²) in [6.07, 6.45) is 3.01. The van der Waals surface area contributed by atoms with Crippen LogP contribution in [0.15, 0.2) is 24.3 Å². The highest BCUT2D eigenvalue weighted by molar-refractivity contribution is 5.92. The summed E-state index contributed by atoms with van der Waals surface area (Å²) in [5.74, 6) is -1.65. The van der Waals surface area contributed by atoms with Gasteiger partial charge in [0, 0.05) is 18.3 Å². The number of aromatic nitrogens is 2. The molecular formula is C17H20F2N4O. The molecule has 0 unspecified atom stereocenters. The molecule has 24 heavy (non-hydrogen) atoms. The van der Waals surface area contributed by atoms with E-state index in [0.29, 0.717) is 12.2 Å². The summed E-state index contributed by atoms with van der Waals surface area (Å²) in [5.41, 5.74) is 0.800. The summed E-state index contributed by atoms with van der Waals surface area (Å²) in [6, 6.07) is 4.70. The van der Waals surface area contributed by atoms with Gasteiger partial charge in [0.2, 0.25) is 5.95 Å². The fraction of sp³-hybridized carbons (Fsp3) is 0.353. The number of benzene rings is 1. The van der Waals surface area contributed by atoms with E-state index in [1.165, 1.54) is 6.07 Å². The molecular weight excluding hydrogens is 314 g/mol. The van der Waals surface area contributed by atoms with E-state index in [4.69, 9.17) is 0 Å². The minimum Gasteiger partial charge on any atom is -0.351 e. The van der Waals surface area contributed by atoms with Crippen LogP contribution in [0.4, 0.5) is 20.4 Å². The fourth-order valence-electron chi connectivity index (χ4n) is 2.12. The SMILES string of the molecule is CCCCCNC(=O)c1cc(C)nc(Nc2ccc(F)cc2F)n1. The van der Waals surface area contributed by atoms with Crippen molar-refractivity contribution in [3.63, 3.8) is 0 Å². The summed E-state index contributed by atoms with van der Waals surface area (Å²) < 4.78 is 26.6. The van der Waals surface area contributed by atoms with Gasteiger partial charge in [-0.1, -0.05) is 19.8 Å². The first-order chi connectivity index (χ1) is 11.5.